The summed E-state index contributed by atoms with van der Waals surface area (Å²) < 4.78 is 11.9. The molecule has 206 valence electrons. The second-order valence-corrected chi connectivity index (χ2v) is 9.70. The fraction of sp³-hybridized carbons (Fsp3) is 0.733. The highest BCUT2D eigenvalue weighted by Crippen LogP contribution is 2.30. The van der Waals surface area contributed by atoms with E-state index in [1.54, 1.807) is 6.07 Å². The van der Waals surface area contributed by atoms with Crippen LogP contribution in [0.1, 0.15) is 144 Å². The van der Waals surface area contributed by atoms with Crippen LogP contribution in [0, 0.1) is 0 Å². The summed E-state index contributed by atoms with van der Waals surface area (Å²) in [6, 6.07) is 3.01. The van der Waals surface area contributed by atoms with E-state index in [2.05, 4.69) is 26.1 Å². The van der Waals surface area contributed by atoms with Crippen molar-refractivity contribution >= 4 is 11.9 Å². The molecule has 0 unspecified atom stereocenters. The lowest BCUT2D eigenvalue weighted by Crippen LogP contribution is -2.25. The van der Waals surface area contributed by atoms with Gasteiger partial charge in [0, 0.05) is 12.6 Å². The number of carbonyl (C=O) groups is 2. The number of hydrogen-bond donors (Lipinski definition) is 2. The van der Waals surface area contributed by atoms with Gasteiger partial charge in [-0.25, -0.2) is 4.79 Å². The van der Waals surface area contributed by atoms with Crippen LogP contribution < -0.4 is 14.8 Å². The molecule has 6 nitrogen and oxygen atoms in total. The molecular weight excluding hydrogens is 454 g/mol. The van der Waals surface area contributed by atoms with Gasteiger partial charge < -0.3 is 19.9 Å². The fourth-order valence-corrected chi connectivity index (χ4v) is 4.12. The van der Waals surface area contributed by atoms with E-state index in [0.29, 0.717) is 25.5 Å². The van der Waals surface area contributed by atoms with Gasteiger partial charge in [-0.1, -0.05) is 104 Å². The Morgan fingerprint density at radius 1 is 0.639 bits per heavy atom. The van der Waals surface area contributed by atoms with Crippen molar-refractivity contribution in [2.75, 3.05) is 19.8 Å². The van der Waals surface area contributed by atoms with Crippen molar-refractivity contribution in [1.29, 1.82) is 0 Å². The smallest absolute Gasteiger partial charge is 0.339 e. The second kappa shape index (κ2) is 20.9. The summed E-state index contributed by atoms with van der Waals surface area (Å²) >= 11 is 0. The number of benzene rings is 1. The van der Waals surface area contributed by atoms with E-state index in [1.165, 1.54) is 51.0 Å². The Balaban J connectivity index is 2.87. The first-order valence-electron chi connectivity index (χ1n) is 14.5. The number of carboxylic acids is 1. The van der Waals surface area contributed by atoms with Crippen molar-refractivity contribution in [2.24, 2.45) is 0 Å². The lowest BCUT2D eigenvalue weighted by molar-refractivity contribution is 0.0692. The van der Waals surface area contributed by atoms with E-state index in [1.807, 2.05) is 0 Å². The van der Waals surface area contributed by atoms with Crippen LogP contribution in [0.2, 0.25) is 0 Å². The van der Waals surface area contributed by atoms with E-state index >= 15 is 0 Å². The lowest BCUT2D eigenvalue weighted by atomic mass is 10.1. The third-order valence-corrected chi connectivity index (χ3v) is 6.38. The Morgan fingerprint density at radius 2 is 1.08 bits per heavy atom. The van der Waals surface area contributed by atoms with E-state index in [0.717, 1.165) is 57.8 Å². The molecule has 0 radical (unpaired) electrons. The van der Waals surface area contributed by atoms with Crippen LogP contribution in [0.5, 0.6) is 11.5 Å². The number of aromatic carboxylic acids is 1. The second-order valence-electron chi connectivity index (χ2n) is 9.70. The third kappa shape index (κ3) is 13.7. The highest BCUT2D eigenvalue weighted by molar-refractivity contribution is 6.01. The summed E-state index contributed by atoms with van der Waals surface area (Å²) in [7, 11) is 0. The van der Waals surface area contributed by atoms with E-state index in [4.69, 9.17) is 9.47 Å². The zero-order valence-electron chi connectivity index (χ0n) is 23.2. The molecule has 1 rings (SSSR count). The number of carboxylic acid groups (broad SMARTS) is 1. The molecule has 1 aromatic carbocycles. The number of carbonyl (C=O) groups excluding carboxylic acids is 1. The van der Waals surface area contributed by atoms with Gasteiger partial charge in [-0.3, -0.25) is 4.79 Å². The van der Waals surface area contributed by atoms with Crippen LogP contribution in [0.4, 0.5) is 0 Å². The van der Waals surface area contributed by atoms with Gasteiger partial charge in [-0.2, -0.15) is 0 Å². The van der Waals surface area contributed by atoms with Gasteiger partial charge in [0.15, 0.2) is 0 Å². The molecule has 0 aliphatic heterocycles. The molecule has 1 amide bonds. The molecule has 6 heteroatoms. The number of rotatable bonds is 23. The van der Waals surface area contributed by atoms with Gasteiger partial charge in [0.2, 0.25) is 0 Å². The molecule has 0 saturated heterocycles. The van der Waals surface area contributed by atoms with Crippen molar-refractivity contribution in [3.8, 4) is 11.5 Å². The van der Waals surface area contributed by atoms with Gasteiger partial charge in [-0.15, -0.1) is 0 Å². The van der Waals surface area contributed by atoms with E-state index < -0.39 is 5.97 Å². The predicted octanol–water partition coefficient (Wildman–Crippen LogP) is 8.17. The maximum atomic E-state index is 13.0. The third-order valence-electron chi connectivity index (χ3n) is 6.38. The standard InChI is InChI=1S/C30H51NO5/c1-4-7-10-13-15-18-21-35-27-24-28(36-22-19-16-14-11-8-5-2)26(30(33)34)23-25(27)29(32)31-20-17-12-9-6-3/h23-24H,4-22H2,1-3H3,(H,31,32)(H,33,34). The Labute approximate surface area is 219 Å². The molecule has 36 heavy (non-hydrogen) atoms. The molecular formula is C30H51NO5. The normalized spacial score (nSPS) is 10.9. The summed E-state index contributed by atoms with van der Waals surface area (Å²) in [6.07, 6.45) is 17.8. The molecule has 1 aromatic rings. The molecule has 0 aliphatic carbocycles. The minimum Gasteiger partial charge on any atom is -0.493 e. The van der Waals surface area contributed by atoms with Crippen LogP contribution in [0.25, 0.3) is 0 Å². The van der Waals surface area contributed by atoms with Gasteiger partial charge in [0.25, 0.3) is 5.91 Å². The minimum absolute atomic E-state index is 0.00373. The van der Waals surface area contributed by atoms with Crippen LogP contribution in [-0.4, -0.2) is 36.7 Å². The summed E-state index contributed by atoms with van der Waals surface area (Å²) in [6.45, 7) is 8.05. The number of unbranched alkanes of at least 4 members (excludes halogenated alkanes) is 13. The molecule has 0 bridgehead atoms. The summed E-state index contributed by atoms with van der Waals surface area (Å²) in [5, 5.41) is 12.7. The average Bonchev–Trinajstić information content (AvgIpc) is 2.87. The largest absolute Gasteiger partial charge is 0.493 e. The molecule has 0 saturated carbocycles. The van der Waals surface area contributed by atoms with Crippen LogP contribution >= 0.6 is 0 Å². The molecule has 2 N–H and O–H groups in total. The monoisotopic (exact) mass is 505 g/mol. The first-order chi connectivity index (χ1) is 17.5. The van der Waals surface area contributed by atoms with Crippen molar-refractivity contribution in [1.82, 2.24) is 5.32 Å². The van der Waals surface area contributed by atoms with Crippen LogP contribution in [0.15, 0.2) is 12.1 Å². The first kappa shape index (κ1) is 31.8. The highest BCUT2D eigenvalue weighted by atomic mass is 16.5. The van der Waals surface area contributed by atoms with Crippen LogP contribution in [-0.2, 0) is 0 Å². The highest BCUT2D eigenvalue weighted by Gasteiger charge is 2.21. The van der Waals surface area contributed by atoms with E-state index in [-0.39, 0.29) is 22.8 Å². The first-order valence-corrected chi connectivity index (χ1v) is 14.5. The number of nitrogens with one attached hydrogen (secondary N) is 1. The van der Waals surface area contributed by atoms with Crippen molar-refractivity contribution in [3.63, 3.8) is 0 Å². The zero-order valence-corrected chi connectivity index (χ0v) is 23.2. The van der Waals surface area contributed by atoms with Gasteiger partial charge >= 0.3 is 5.97 Å². The fourth-order valence-electron chi connectivity index (χ4n) is 4.12. The lowest BCUT2D eigenvalue weighted by Gasteiger charge is -2.16. The van der Waals surface area contributed by atoms with Gasteiger partial charge in [0.05, 0.1) is 18.8 Å². The molecule has 0 aliphatic rings. The Kier molecular flexibility index (Phi) is 18.5. The average molecular weight is 506 g/mol. The SMILES string of the molecule is CCCCCCCCOc1cc(OCCCCCCCC)c(C(=O)NCCCCCC)cc1C(=O)O. The quantitative estimate of drug-likeness (QED) is 0.146. The van der Waals surface area contributed by atoms with Gasteiger partial charge in [-0.05, 0) is 25.3 Å². The minimum atomic E-state index is -1.10. The number of amides is 1. The molecule has 0 spiro atoms. The van der Waals surface area contributed by atoms with Gasteiger partial charge in [0.1, 0.15) is 17.1 Å². The Morgan fingerprint density at radius 3 is 1.58 bits per heavy atom. The van der Waals surface area contributed by atoms with Crippen molar-refractivity contribution in [2.45, 2.75) is 124 Å². The number of ether oxygens (including phenoxy) is 2. The summed E-state index contributed by atoms with van der Waals surface area (Å²) in [5.74, 6) is -0.729. The van der Waals surface area contributed by atoms with Crippen molar-refractivity contribution in [3.05, 3.63) is 23.3 Å². The summed E-state index contributed by atoms with van der Waals surface area (Å²) in [4.78, 5) is 24.9. The molecule has 0 heterocycles. The molecule has 0 aromatic heterocycles. The number of hydrogen-bond acceptors (Lipinski definition) is 4. The molecule has 0 atom stereocenters. The predicted molar refractivity (Wildman–Crippen MR) is 148 cm³/mol. The van der Waals surface area contributed by atoms with Crippen LogP contribution in [0.3, 0.4) is 0 Å². The maximum absolute atomic E-state index is 13.0. The molecule has 0 fully saturated rings. The Hall–Kier alpha value is -2.24. The summed E-state index contributed by atoms with van der Waals surface area (Å²) in [5.41, 5.74) is 0.268. The van der Waals surface area contributed by atoms with Crippen molar-refractivity contribution < 1.29 is 24.2 Å². The Bertz CT molecular complexity index is 734. The maximum Gasteiger partial charge on any atom is 0.339 e. The van der Waals surface area contributed by atoms with E-state index in [9.17, 15) is 14.7 Å². The zero-order chi connectivity index (χ0) is 26.4. The topological polar surface area (TPSA) is 84.9 Å².